The molecule has 1 aliphatic rings. The van der Waals surface area contributed by atoms with Crippen LogP contribution in [-0.2, 0) is 15.3 Å². The number of nitrogens with zero attached hydrogens (tertiary/aromatic N) is 1. The number of thioether (sulfide) groups is 2. The Labute approximate surface area is 103 Å². The largest absolute Gasteiger partial charge is 0.468 e. The summed E-state index contributed by atoms with van der Waals surface area (Å²) in [6, 6.07) is 8.06. The van der Waals surface area contributed by atoms with E-state index in [1.54, 1.807) is 11.8 Å². The molecule has 0 saturated carbocycles. The van der Waals surface area contributed by atoms with E-state index in [0.29, 0.717) is 5.75 Å². The number of hydrogen-bond donors (Lipinski definition) is 0. The second kappa shape index (κ2) is 5.41. The van der Waals surface area contributed by atoms with Gasteiger partial charge in [0.1, 0.15) is 4.38 Å². The Bertz CT molecular complexity index is 432. The Morgan fingerprint density at radius 3 is 3.19 bits per heavy atom. The van der Waals surface area contributed by atoms with Crippen LogP contribution in [0, 0.1) is 0 Å². The van der Waals surface area contributed by atoms with E-state index in [1.165, 1.54) is 24.4 Å². The SMILES string of the molecule is COC(=O)CSC1=Nc2ccccc2CS1. The molecule has 0 aromatic heterocycles. The number of esters is 1. The van der Waals surface area contributed by atoms with Crippen molar-refractivity contribution in [3.63, 3.8) is 0 Å². The molecular formula is C11H11NO2S2. The number of para-hydroxylation sites is 1. The molecule has 0 saturated heterocycles. The normalized spacial score (nSPS) is 13.9. The maximum absolute atomic E-state index is 11.0. The number of carbonyl (C=O) groups is 1. The topological polar surface area (TPSA) is 38.7 Å². The maximum atomic E-state index is 11.0. The zero-order valence-electron chi connectivity index (χ0n) is 8.80. The summed E-state index contributed by atoms with van der Waals surface area (Å²) in [5.41, 5.74) is 2.25. The third kappa shape index (κ3) is 2.80. The van der Waals surface area contributed by atoms with E-state index in [1.807, 2.05) is 18.2 Å². The van der Waals surface area contributed by atoms with Crippen molar-refractivity contribution in [2.24, 2.45) is 4.99 Å². The molecule has 1 heterocycles. The molecule has 0 aliphatic carbocycles. The van der Waals surface area contributed by atoms with Gasteiger partial charge in [0.05, 0.1) is 18.6 Å². The lowest BCUT2D eigenvalue weighted by Crippen LogP contribution is -2.06. The number of carbonyl (C=O) groups excluding carboxylic acids is 1. The molecule has 84 valence electrons. The second-order valence-corrected chi connectivity index (χ2v) is 5.35. The van der Waals surface area contributed by atoms with Crippen molar-refractivity contribution in [1.82, 2.24) is 0 Å². The monoisotopic (exact) mass is 253 g/mol. The van der Waals surface area contributed by atoms with Crippen molar-refractivity contribution in [1.29, 1.82) is 0 Å². The highest BCUT2D eigenvalue weighted by molar-refractivity contribution is 8.38. The van der Waals surface area contributed by atoms with Gasteiger partial charge in [-0.2, -0.15) is 0 Å². The smallest absolute Gasteiger partial charge is 0.316 e. The summed E-state index contributed by atoms with van der Waals surface area (Å²) in [5, 5.41) is 0. The van der Waals surface area contributed by atoms with Crippen molar-refractivity contribution < 1.29 is 9.53 Å². The van der Waals surface area contributed by atoms with Crippen molar-refractivity contribution in [3.8, 4) is 0 Å². The highest BCUT2D eigenvalue weighted by atomic mass is 32.2. The molecule has 1 aromatic rings. The van der Waals surface area contributed by atoms with E-state index >= 15 is 0 Å². The molecule has 5 heteroatoms. The van der Waals surface area contributed by atoms with E-state index in [9.17, 15) is 4.79 Å². The lowest BCUT2D eigenvalue weighted by molar-refractivity contribution is -0.137. The average Bonchev–Trinajstić information content (AvgIpc) is 2.35. The second-order valence-electron chi connectivity index (χ2n) is 3.16. The van der Waals surface area contributed by atoms with Crippen LogP contribution in [0.2, 0.25) is 0 Å². The molecule has 16 heavy (non-hydrogen) atoms. The molecule has 0 atom stereocenters. The Balaban J connectivity index is 2.04. The summed E-state index contributed by atoms with van der Waals surface area (Å²) in [6.07, 6.45) is 0. The lowest BCUT2D eigenvalue weighted by Gasteiger charge is -2.13. The van der Waals surface area contributed by atoms with Crippen LogP contribution in [0.4, 0.5) is 5.69 Å². The quantitative estimate of drug-likeness (QED) is 0.760. The number of hydrogen-bond acceptors (Lipinski definition) is 5. The molecule has 0 fully saturated rings. The van der Waals surface area contributed by atoms with Crippen LogP contribution in [0.25, 0.3) is 0 Å². The third-order valence-corrected chi connectivity index (χ3v) is 4.31. The van der Waals surface area contributed by atoms with Gasteiger partial charge in [-0.05, 0) is 11.6 Å². The summed E-state index contributed by atoms with van der Waals surface area (Å²) >= 11 is 3.10. The van der Waals surface area contributed by atoms with Crippen molar-refractivity contribution in [2.45, 2.75) is 5.75 Å². The fourth-order valence-electron chi connectivity index (χ4n) is 1.27. The summed E-state index contributed by atoms with van der Waals surface area (Å²) in [5.74, 6) is 1.03. The van der Waals surface area contributed by atoms with Crippen LogP contribution in [-0.4, -0.2) is 23.2 Å². The zero-order chi connectivity index (χ0) is 11.4. The summed E-state index contributed by atoms with van der Waals surface area (Å²) in [7, 11) is 1.40. The number of methoxy groups -OCH3 is 1. The van der Waals surface area contributed by atoms with E-state index in [-0.39, 0.29) is 5.97 Å². The van der Waals surface area contributed by atoms with Gasteiger partial charge in [0.2, 0.25) is 0 Å². The van der Waals surface area contributed by atoms with Crippen LogP contribution in [0.1, 0.15) is 5.56 Å². The number of aliphatic imine (C=N–C) groups is 1. The highest BCUT2D eigenvalue weighted by Gasteiger charge is 2.13. The molecule has 0 spiro atoms. The Kier molecular flexibility index (Phi) is 3.90. The molecule has 2 rings (SSSR count). The van der Waals surface area contributed by atoms with Crippen LogP contribution in [0.5, 0.6) is 0 Å². The third-order valence-electron chi connectivity index (χ3n) is 2.10. The summed E-state index contributed by atoms with van der Waals surface area (Å²) in [6.45, 7) is 0. The van der Waals surface area contributed by atoms with Crippen LogP contribution in [0.15, 0.2) is 29.3 Å². The Morgan fingerprint density at radius 2 is 2.38 bits per heavy atom. The minimum atomic E-state index is -0.216. The highest BCUT2D eigenvalue weighted by Crippen LogP contribution is 2.34. The van der Waals surface area contributed by atoms with Crippen LogP contribution >= 0.6 is 23.5 Å². The molecular weight excluding hydrogens is 242 g/mol. The van der Waals surface area contributed by atoms with Crippen molar-refractivity contribution >= 4 is 39.6 Å². The van der Waals surface area contributed by atoms with E-state index < -0.39 is 0 Å². The van der Waals surface area contributed by atoms with Gasteiger partial charge < -0.3 is 4.74 Å². The number of fused-ring (bicyclic) bond motifs is 1. The fourth-order valence-corrected chi connectivity index (χ4v) is 3.16. The molecule has 0 radical (unpaired) electrons. The van der Waals surface area contributed by atoms with E-state index in [4.69, 9.17) is 0 Å². The summed E-state index contributed by atoms with van der Waals surface area (Å²) in [4.78, 5) is 15.5. The first kappa shape index (κ1) is 11.5. The predicted octanol–water partition coefficient (Wildman–Crippen LogP) is 2.83. The number of benzene rings is 1. The van der Waals surface area contributed by atoms with Crippen molar-refractivity contribution in [2.75, 3.05) is 12.9 Å². The van der Waals surface area contributed by atoms with Gasteiger partial charge in [0.15, 0.2) is 0 Å². The molecule has 0 bridgehead atoms. The fraction of sp³-hybridized carbons (Fsp3) is 0.273. The Hall–Kier alpha value is -0.940. The van der Waals surface area contributed by atoms with E-state index in [0.717, 1.165) is 15.8 Å². The maximum Gasteiger partial charge on any atom is 0.316 e. The van der Waals surface area contributed by atoms with Crippen LogP contribution in [0.3, 0.4) is 0 Å². The molecule has 3 nitrogen and oxygen atoms in total. The molecule has 0 N–H and O–H groups in total. The zero-order valence-corrected chi connectivity index (χ0v) is 10.4. The molecule has 1 aliphatic heterocycles. The minimum absolute atomic E-state index is 0.216. The molecule has 0 unspecified atom stereocenters. The van der Waals surface area contributed by atoms with Gasteiger partial charge in [0.25, 0.3) is 0 Å². The van der Waals surface area contributed by atoms with Gasteiger partial charge in [0, 0.05) is 5.75 Å². The standard InChI is InChI=1S/C11H11NO2S2/c1-14-10(13)7-16-11-12-9-5-3-2-4-8(9)6-15-11/h2-5H,6-7H2,1H3. The number of ether oxygens (including phenoxy) is 1. The van der Waals surface area contributed by atoms with Gasteiger partial charge in [-0.1, -0.05) is 41.7 Å². The average molecular weight is 253 g/mol. The Morgan fingerprint density at radius 1 is 1.56 bits per heavy atom. The predicted molar refractivity (Wildman–Crippen MR) is 69.3 cm³/mol. The van der Waals surface area contributed by atoms with Gasteiger partial charge in [-0.25, -0.2) is 4.99 Å². The number of rotatable bonds is 2. The molecule has 0 amide bonds. The van der Waals surface area contributed by atoms with Crippen molar-refractivity contribution in [3.05, 3.63) is 29.8 Å². The van der Waals surface area contributed by atoms with E-state index in [2.05, 4.69) is 15.8 Å². The first-order valence-electron chi connectivity index (χ1n) is 4.78. The van der Waals surface area contributed by atoms with Gasteiger partial charge >= 0.3 is 5.97 Å². The van der Waals surface area contributed by atoms with Gasteiger partial charge in [-0.3, -0.25) is 4.79 Å². The van der Waals surface area contributed by atoms with Gasteiger partial charge in [-0.15, -0.1) is 0 Å². The summed E-state index contributed by atoms with van der Waals surface area (Å²) < 4.78 is 5.52. The first-order chi connectivity index (χ1) is 7.79. The van der Waals surface area contributed by atoms with Crippen LogP contribution < -0.4 is 0 Å². The molecule has 1 aromatic carbocycles. The first-order valence-corrected chi connectivity index (χ1v) is 6.75. The lowest BCUT2D eigenvalue weighted by atomic mass is 10.2. The minimum Gasteiger partial charge on any atom is -0.468 e.